The van der Waals surface area contributed by atoms with Crippen molar-refractivity contribution in [3.05, 3.63) is 64.8 Å². The molecule has 0 spiro atoms. The Labute approximate surface area is 158 Å². The summed E-state index contributed by atoms with van der Waals surface area (Å²) in [4.78, 5) is 4.61. The van der Waals surface area contributed by atoms with Crippen LogP contribution >= 0.6 is 11.6 Å². The Balaban J connectivity index is 1.67. The van der Waals surface area contributed by atoms with Crippen LogP contribution in [0.5, 0.6) is 0 Å². The molecule has 2 aromatic carbocycles. The van der Waals surface area contributed by atoms with Crippen molar-refractivity contribution in [3.8, 4) is 0 Å². The van der Waals surface area contributed by atoms with E-state index in [1.807, 2.05) is 31.2 Å². The molecule has 0 atom stereocenters. The second-order valence-electron chi connectivity index (χ2n) is 6.11. The number of anilines is 1. The molecule has 0 aliphatic rings. The van der Waals surface area contributed by atoms with E-state index in [1.54, 1.807) is 31.3 Å². The van der Waals surface area contributed by atoms with Crippen molar-refractivity contribution in [2.24, 2.45) is 0 Å². The first kappa shape index (κ1) is 18.6. The lowest BCUT2D eigenvalue weighted by Gasteiger charge is -2.12. The number of benzene rings is 2. The fourth-order valence-electron chi connectivity index (χ4n) is 2.73. The van der Waals surface area contributed by atoms with Crippen LogP contribution in [-0.2, 0) is 10.0 Å². The van der Waals surface area contributed by atoms with Crippen LogP contribution < -0.4 is 10.0 Å². The Kier molecular flexibility index (Phi) is 5.46. The second-order valence-corrected chi connectivity index (χ2v) is 8.29. The maximum Gasteiger partial charge on any atom is 0.240 e. The zero-order valence-electron chi connectivity index (χ0n) is 14.6. The number of nitrogens with zero attached hydrogens (tertiary/aromatic N) is 1. The van der Waals surface area contributed by atoms with Crippen LogP contribution in [0.15, 0.2) is 53.6 Å². The molecule has 0 aliphatic heterocycles. The van der Waals surface area contributed by atoms with Gasteiger partial charge in [0, 0.05) is 35.4 Å². The molecule has 0 amide bonds. The summed E-state index contributed by atoms with van der Waals surface area (Å²) in [5.74, 6) is 0. The third-order valence-corrected chi connectivity index (χ3v) is 5.91. The van der Waals surface area contributed by atoms with Crippen molar-refractivity contribution in [1.82, 2.24) is 9.71 Å². The predicted octanol–water partition coefficient (Wildman–Crippen LogP) is 3.90. The molecule has 0 fully saturated rings. The SMILES string of the molecule is Cc1ccc(C)c(S(=O)(=O)NCCNc2ccnc3cc(Cl)ccc23)c1. The monoisotopic (exact) mass is 389 g/mol. The van der Waals surface area contributed by atoms with E-state index < -0.39 is 10.0 Å². The minimum absolute atomic E-state index is 0.271. The standard InChI is InChI=1S/C19H20ClN3O2S/c1-13-3-4-14(2)19(11-13)26(24,25)23-10-9-22-17-7-8-21-18-12-15(20)5-6-16(17)18/h3-8,11-12,23H,9-10H2,1-2H3,(H,21,22). The van der Waals surface area contributed by atoms with Crippen molar-refractivity contribution in [2.45, 2.75) is 18.7 Å². The van der Waals surface area contributed by atoms with E-state index in [2.05, 4.69) is 15.0 Å². The first-order valence-corrected chi connectivity index (χ1v) is 10.1. The number of hydrogen-bond donors (Lipinski definition) is 2. The van der Waals surface area contributed by atoms with Crippen molar-refractivity contribution < 1.29 is 8.42 Å². The lowest BCUT2D eigenvalue weighted by atomic mass is 10.2. The van der Waals surface area contributed by atoms with Gasteiger partial charge in [-0.1, -0.05) is 23.7 Å². The number of sulfonamides is 1. The molecule has 0 saturated heterocycles. The number of rotatable bonds is 6. The van der Waals surface area contributed by atoms with E-state index in [9.17, 15) is 8.42 Å². The fraction of sp³-hybridized carbons (Fsp3) is 0.211. The highest BCUT2D eigenvalue weighted by Crippen LogP contribution is 2.24. The number of fused-ring (bicyclic) bond motifs is 1. The molecule has 1 heterocycles. The van der Waals surface area contributed by atoms with Crippen molar-refractivity contribution >= 4 is 38.2 Å². The Morgan fingerprint density at radius 2 is 1.85 bits per heavy atom. The summed E-state index contributed by atoms with van der Waals surface area (Å²) in [5.41, 5.74) is 3.32. The molecule has 136 valence electrons. The number of nitrogens with one attached hydrogen (secondary N) is 2. The lowest BCUT2D eigenvalue weighted by molar-refractivity contribution is 0.582. The molecular formula is C19H20ClN3O2S. The van der Waals surface area contributed by atoms with Gasteiger partial charge in [0.05, 0.1) is 10.4 Å². The average Bonchev–Trinajstić information content (AvgIpc) is 2.60. The summed E-state index contributed by atoms with van der Waals surface area (Å²) >= 11 is 5.99. The van der Waals surface area contributed by atoms with Crippen LogP contribution in [-0.4, -0.2) is 26.5 Å². The summed E-state index contributed by atoms with van der Waals surface area (Å²) < 4.78 is 27.6. The average molecular weight is 390 g/mol. The van der Waals surface area contributed by atoms with Gasteiger partial charge in [-0.05, 0) is 55.3 Å². The zero-order chi connectivity index (χ0) is 18.7. The summed E-state index contributed by atoms with van der Waals surface area (Å²) in [6.07, 6.45) is 1.70. The van der Waals surface area contributed by atoms with Gasteiger partial charge in [0.15, 0.2) is 0 Å². The molecule has 5 nitrogen and oxygen atoms in total. The van der Waals surface area contributed by atoms with Crippen LogP contribution in [0, 0.1) is 13.8 Å². The topological polar surface area (TPSA) is 71.1 Å². The summed E-state index contributed by atoms with van der Waals surface area (Å²) in [6.45, 7) is 4.39. The van der Waals surface area contributed by atoms with Gasteiger partial charge in [-0.3, -0.25) is 4.98 Å². The van der Waals surface area contributed by atoms with Gasteiger partial charge in [0.25, 0.3) is 0 Å². The third-order valence-electron chi connectivity index (χ3n) is 4.07. The van der Waals surface area contributed by atoms with Crippen molar-refractivity contribution in [1.29, 1.82) is 0 Å². The number of aryl methyl sites for hydroxylation is 2. The number of pyridine rings is 1. The maximum absolute atomic E-state index is 12.5. The molecule has 7 heteroatoms. The van der Waals surface area contributed by atoms with E-state index in [-0.39, 0.29) is 6.54 Å². The molecule has 1 aromatic heterocycles. The quantitative estimate of drug-likeness (QED) is 0.627. The minimum atomic E-state index is -3.54. The van der Waals surface area contributed by atoms with Gasteiger partial charge in [-0.2, -0.15) is 0 Å². The van der Waals surface area contributed by atoms with Crippen molar-refractivity contribution in [3.63, 3.8) is 0 Å². The Hall–Kier alpha value is -2.15. The number of halogens is 1. The van der Waals surface area contributed by atoms with Crippen LogP contribution in [0.2, 0.25) is 5.02 Å². The van der Waals surface area contributed by atoms with E-state index in [0.29, 0.717) is 16.5 Å². The van der Waals surface area contributed by atoms with Gasteiger partial charge in [0.2, 0.25) is 10.0 Å². The summed E-state index contributed by atoms with van der Waals surface area (Å²) in [6, 6.07) is 12.8. The normalized spacial score (nSPS) is 11.7. The highest BCUT2D eigenvalue weighted by molar-refractivity contribution is 7.89. The van der Waals surface area contributed by atoms with Crippen LogP contribution in [0.1, 0.15) is 11.1 Å². The molecule has 0 aliphatic carbocycles. The largest absolute Gasteiger partial charge is 0.383 e. The molecule has 0 unspecified atom stereocenters. The van der Waals surface area contributed by atoms with E-state index in [1.165, 1.54) is 0 Å². The summed E-state index contributed by atoms with van der Waals surface area (Å²) in [5, 5.41) is 4.81. The van der Waals surface area contributed by atoms with Crippen LogP contribution in [0.25, 0.3) is 10.9 Å². The molecule has 26 heavy (non-hydrogen) atoms. The van der Waals surface area contributed by atoms with E-state index in [0.717, 1.165) is 27.7 Å². The highest BCUT2D eigenvalue weighted by atomic mass is 35.5. The van der Waals surface area contributed by atoms with Crippen LogP contribution in [0.3, 0.4) is 0 Å². The lowest BCUT2D eigenvalue weighted by Crippen LogP contribution is -2.29. The molecule has 2 N–H and O–H groups in total. The Morgan fingerprint density at radius 1 is 1.04 bits per heavy atom. The molecule has 0 radical (unpaired) electrons. The molecule has 3 rings (SSSR count). The predicted molar refractivity (Wildman–Crippen MR) is 106 cm³/mol. The smallest absolute Gasteiger partial charge is 0.240 e. The summed E-state index contributed by atoms with van der Waals surface area (Å²) in [7, 11) is -3.54. The first-order chi connectivity index (χ1) is 12.4. The van der Waals surface area contributed by atoms with Gasteiger partial charge < -0.3 is 5.32 Å². The fourth-order valence-corrected chi connectivity index (χ4v) is 4.26. The second kappa shape index (κ2) is 7.61. The molecule has 0 bridgehead atoms. The number of aromatic nitrogens is 1. The number of hydrogen-bond acceptors (Lipinski definition) is 4. The van der Waals surface area contributed by atoms with Gasteiger partial charge in [-0.15, -0.1) is 0 Å². The van der Waals surface area contributed by atoms with Gasteiger partial charge in [0.1, 0.15) is 0 Å². The van der Waals surface area contributed by atoms with Gasteiger partial charge in [-0.25, -0.2) is 13.1 Å². The molecular weight excluding hydrogens is 370 g/mol. The van der Waals surface area contributed by atoms with Crippen molar-refractivity contribution in [2.75, 3.05) is 18.4 Å². The van der Waals surface area contributed by atoms with E-state index >= 15 is 0 Å². The maximum atomic E-state index is 12.5. The molecule has 0 saturated carbocycles. The van der Waals surface area contributed by atoms with Crippen LogP contribution in [0.4, 0.5) is 5.69 Å². The molecule has 3 aromatic rings. The Bertz CT molecular complexity index is 1050. The van der Waals surface area contributed by atoms with Gasteiger partial charge >= 0.3 is 0 Å². The van der Waals surface area contributed by atoms with E-state index in [4.69, 9.17) is 11.6 Å². The highest BCUT2D eigenvalue weighted by Gasteiger charge is 2.16. The minimum Gasteiger partial charge on any atom is -0.383 e. The third kappa shape index (κ3) is 4.15. The first-order valence-electron chi connectivity index (χ1n) is 8.22. The Morgan fingerprint density at radius 3 is 2.65 bits per heavy atom. The zero-order valence-corrected chi connectivity index (χ0v) is 16.2.